The number of hydrogen-bond acceptors (Lipinski definition) is 3. The zero-order valence-electron chi connectivity index (χ0n) is 12.5. The van der Waals surface area contributed by atoms with Gasteiger partial charge in [-0.05, 0) is 38.1 Å². The summed E-state index contributed by atoms with van der Waals surface area (Å²) in [5.41, 5.74) is 0.627. The Bertz CT molecular complexity index is 470. The quantitative estimate of drug-likeness (QED) is 0.898. The van der Waals surface area contributed by atoms with Crippen LogP contribution >= 0.6 is 11.6 Å². The number of halogens is 1. The molecule has 1 saturated heterocycles. The van der Waals surface area contributed by atoms with Gasteiger partial charge < -0.3 is 15.4 Å². The molecule has 1 aromatic carbocycles. The molecule has 0 radical (unpaired) electrons. The number of benzene rings is 1. The van der Waals surface area contributed by atoms with Crippen molar-refractivity contribution in [2.75, 3.05) is 38.2 Å². The number of hydrogen-bond donors (Lipinski definition) is 2. The Morgan fingerprint density at radius 1 is 1.29 bits per heavy atom. The van der Waals surface area contributed by atoms with E-state index in [1.165, 1.54) is 0 Å². The van der Waals surface area contributed by atoms with Gasteiger partial charge in [0.2, 0.25) is 0 Å². The lowest BCUT2D eigenvalue weighted by molar-refractivity contribution is -0.00863. The molecule has 1 aliphatic heterocycles. The summed E-state index contributed by atoms with van der Waals surface area (Å²) in [6.45, 7) is 8.12. The number of ether oxygens (including phenoxy) is 1. The average molecular weight is 312 g/mol. The van der Waals surface area contributed by atoms with Gasteiger partial charge >= 0.3 is 6.03 Å². The molecular formula is C15H22ClN3O2. The third kappa shape index (κ3) is 4.88. The molecule has 1 aromatic rings. The van der Waals surface area contributed by atoms with E-state index in [-0.39, 0.29) is 11.6 Å². The van der Waals surface area contributed by atoms with Gasteiger partial charge in [0.25, 0.3) is 0 Å². The van der Waals surface area contributed by atoms with Crippen molar-refractivity contribution < 1.29 is 9.53 Å². The first kappa shape index (κ1) is 16.1. The van der Waals surface area contributed by atoms with Crippen LogP contribution in [0, 0.1) is 0 Å². The molecule has 0 spiro atoms. The molecule has 1 fully saturated rings. The molecule has 1 heterocycles. The predicted octanol–water partition coefficient (Wildman–Crippen LogP) is 2.57. The topological polar surface area (TPSA) is 53.6 Å². The van der Waals surface area contributed by atoms with E-state index < -0.39 is 0 Å². The third-order valence-corrected chi connectivity index (χ3v) is 3.90. The van der Waals surface area contributed by atoms with Gasteiger partial charge in [0, 0.05) is 35.9 Å². The van der Waals surface area contributed by atoms with E-state index in [4.69, 9.17) is 16.3 Å². The Hall–Kier alpha value is -1.30. The summed E-state index contributed by atoms with van der Waals surface area (Å²) in [4.78, 5) is 14.3. The summed E-state index contributed by atoms with van der Waals surface area (Å²) in [6.07, 6.45) is 0. The summed E-state index contributed by atoms with van der Waals surface area (Å²) in [5.74, 6) is 0. The van der Waals surface area contributed by atoms with E-state index in [1.54, 1.807) is 24.3 Å². The molecule has 0 atom stereocenters. The van der Waals surface area contributed by atoms with E-state index in [1.807, 2.05) is 0 Å². The van der Waals surface area contributed by atoms with Gasteiger partial charge in [-0.1, -0.05) is 11.6 Å². The second-order valence-electron chi connectivity index (χ2n) is 5.73. The van der Waals surface area contributed by atoms with Crippen molar-refractivity contribution in [2.24, 2.45) is 0 Å². The largest absolute Gasteiger partial charge is 0.379 e. The predicted molar refractivity (Wildman–Crippen MR) is 84.9 cm³/mol. The smallest absolute Gasteiger partial charge is 0.319 e. The molecule has 1 aliphatic rings. The summed E-state index contributed by atoms with van der Waals surface area (Å²) in [6, 6.07) is 6.83. The number of carbonyl (C=O) groups excluding carboxylic acids is 1. The molecule has 2 rings (SSSR count). The zero-order chi connectivity index (χ0) is 15.3. The number of anilines is 1. The van der Waals surface area contributed by atoms with Crippen LogP contribution in [0.1, 0.15) is 13.8 Å². The lowest BCUT2D eigenvalue weighted by atomic mass is 10.0. The van der Waals surface area contributed by atoms with E-state index >= 15 is 0 Å². The zero-order valence-corrected chi connectivity index (χ0v) is 13.2. The Balaban J connectivity index is 1.81. The van der Waals surface area contributed by atoms with E-state index in [9.17, 15) is 4.79 Å². The molecule has 0 aliphatic carbocycles. The van der Waals surface area contributed by atoms with Crippen molar-refractivity contribution in [1.82, 2.24) is 10.2 Å². The van der Waals surface area contributed by atoms with Crippen LogP contribution in [0.15, 0.2) is 24.3 Å². The van der Waals surface area contributed by atoms with E-state index in [0.717, 1.165) is 32.0 Å². The molecule has 0 bridgehead atoms. The van der Waals surface area contributed by atoms with Crippen LogP contribution in [-0.4, -0.2) is 49.3 Å². The number of nitrogens with one attached hydrogen (secondary N) is 2. The van der Waals surface area contributed by atoms with Crippen molar-refractivity contribution in [3.8, 4) is 0 Å². The standard InChI is InChI=1S/C15H22ClN3O2/c1-15(2,19-7-9-21-10-8-19)11-17-14(20)18-13-5-3-12(16)4-6-13/h3-6H,7-11H2,1-2H3,(H2,17,18,20). The van der Waals surface area contributed by atoms with Crippen molar-refractivity contribution in [3.05, 3.63) is 29.3 Å². The van der Waals surface area contributed by atoms with Crippen molar-refractivity contribution in [1.29, 1.82) is 0 Å². The highest BCUT2D eigenvalue weighted by Crippen LogP contribution is 2.16. The fraction of sp³-hybridized carbons (Fsp3) is 0.533. The molecule has 116 valence electrons. The molecule has 0 unspecified atom stereocenters. The Labute approximate surface area is 130 Å². The van der Waals surface area contributed by atoms with Crippen LogP contribution in [0.25, 0.3) is 0 Å². The van der Waals surface area contributed by atoms with Gasteiger partial charge in [-0.25, -0.2) is 4.79 Å². The first-order chi connectivity index (χ1) is 9.97. The first-order valence-corrected chi connectivity index (χ1v) is 7.48. The number of urea groups is 1. The van der Waals surface area contributed by atoms with Crippen LogP contribution in [0.4, 0.5) is 10.5 Å². The van der Waals surface area contributed by atoms with Gasteiger partial charge in [-0.3, -0.25) is 4.90 Å². The molecular weight excluding hydrogens is 290 g/mol. The number of amides is 2. The second kappa shape index (κ2) is 7.11. The minimum Gasteiger partial charge on any atom is -0.379 e. The maximum atomic E-state index is 11.9. The Morgan fingerprint density at radius 3 is 2.52 bits per heavy atom. The summed E-state index contributed by atoms with van der Waals surface area (Å²) in [7, 11) is 0. The lowest BCUT2D eigenvalue weighted by Crippen LogP contribution is -2.55. The SMILES string of the molecule is CC(C)(CNC(=O)Nc1ccc(Cl)cc1)N1CCOCC1. The molecule has 2 amide bonds. The molecule has 0 aromatic heterocycles. The van der Waals surface area contributed by atoms with Gasteiger partial charge in [0.1, 0.15) is 0 Å². The number of nitrogens with zero attached hydrogens (tertiary/aromatic N) is 1. The van der Waals surface area contributed by atoms with Crippen LogP contribution in [-0.2, 0) is 4.74 Å². The third-order valence-electron chi connectivity index (χ3n) is 3.65. The van der Waals surface area contributed by atoms with Crippen molar-refractivity contribution >= 4 is 23.3 Å². The molecule has 21 heavy (non-hydrogen) atoms. The maximum absolute atomic E-state index is 11.9. The molecule has 2 N–H and O–H groups in total. The van der Waals surface area contributed by atoms with Gasteiger partial charge in [0.05, 0.1) is 13.2 Å². The highest BCUT2D eigenvalue weighted by atomic mass is 35.5. The monoisotopic (exact) mass is 311 g/mol. The second-order valence-corrected chi connectivity index (χ2v) is 6.16. The van der Waals surface area contributed by atoms with Crippen LogP contribution in [0.3, 0.4) is 0 Å². The number of carbonyl (C=O) groups is 1. The highest BCUT2D eigenvalue weighted by Gasteiger charge is 2.28. The highest BCUT2D eigenvalue weighted by molar-refractivity contribution is 6.30. The molecule has 5 nitrogen and oxygen atoms in total. The minimum absolute atomic E-state index is 0.0961. The normalized spacial score (nSPS) is 16.5. The van der Waals surface area contributed by atoms with Gasteiger partial charge in [-0.15, -0.1) is 0 Å². The van der Waals surface area contributed by atoms with Gasteiger partial charge in [0.15, 0.2) is 0 Å². The Morgan fingerprint density at radius 2 is 1.90 bits per heavy atom. The number of rotatable bonds is 4. The fourth-order valence-electron chi connectivity index (χ4n) is 2.29. The van der Waals surface area contributed by atoms with E-state index in [2.05, 4.69) is 29.4 Å². The summed E-state index contributed by atoms with van der Waals surface area (Å²) < 4.78 is 5.36. The van der Waals surface area contributed by atoms with E-state index in [0.29, 0.717) is 11.6 Å². The first-order valence-electron chi connectivity index (χ1n) is 7.10. The van der Waals surface area contributed by atoms with Gasteiger partial charge in [-0.2, -0.15) is 0 Å². The summed E-state index contributed by atoms with van der Waals surface area (Å²) in [5, 5.41) is 6.36. The molecule has 6 heteroatoms. The average Bonchev–Trinajstić information content (AvgIpc) is 2.49. The molecule has 0 saturated carbocycles. The van der Waals surface area contributed by atoms with Crippen molar-refractivity contribution in [3.63, 3.8) is 0 Å². The van der Waals surface area contributed by atoms with Crippen LogP contribution < -0.4 is 10.6 Å². The lowest BCUT2D eigenvalue weighted by Gasteiger charge is -2.40. The van der Waals surface area contributed by atoms with Crippen molar-refractivity contribution in [2.45, 2.75) is 19.4 Å². The fourth-order valence-corrected chi connectivity index (χ4v) is 2.41. The van der Waals surface area contributed by atoms with Crippen LogP contribution in [0.5, 0.6) is 0 Å². The summed E-state index contributed by atoms with van der Waals surface area (Å²) >= 11 is 5.81. The minimum atomic E-state index is -0.210. The Kier molecular flexibility index (Phi) is 5.45. The maximum Gasteiger partial charge on any atom is 0.319 e. The number of morpholine rings is 1. The van der Waals surface area contributed by atoms with Crippen LogP contribution in [0.2, 0.25) is 5.02 Å².